The lowest BCUT2D eigenvalue weighted by atomic mass is 9.93. The van der Waals surface area contributed by atoms with Gasteiger partial charge in [-0.1, -0.05) is 0 Å². The van der Waals surface area contributed by atoms with Gasteiger partial charge in [-0.2, -0.15) is 0 Å². The number of Topliss-reactive ketones (excluding diaryl/α,β-unsaturated/α-hetero) is 2. The van der Waals surface area contributed by atoms with Crippen molar-refractivity contribution in [2.24, 2.45) is 0 Å². The van der Waals surface area contributed by atoms with Crippen molar-refractivity contribution < 1.29 is 19.1 Å². The van der Waals surface area contributed by atoms with Crippen LogP contribution in [0, 0.1) is 0 Å². The van der Waals surface area contributed by atoms with Gasteiger partial charge in [-0.05, 0) is 55.4 Å². The maximum atomic E-state index is 12.4. The molecule has 0 atom stereocenters. The van der Waals surface area contributed by atoms with E-state index in [0.717, 1.165) is 0 Å². The summed E-state index contributed by atoms with van der Waals surface area (Å²) in [7, 11) is 0. The van der Waals surface area contributed by atoms with E-state index in [1.54, 1.807) is 40.1 Å². The number of carbonyl (C=O) groups is 2. The van der Waals surface area contributed by atoms with Crippen molar-refractivity contribution in [3.8, 4) is 0 Å². The molecule has 0 spiro atoms. The quantitative estimate of drug-likeness (QED) is 0.576. The molecule has 26 heavy (non-hydrogen) atoms. The molecule has 2 saturated heterocycles. The molecular formula is C20H32N2O4. The normalized spacial score (nSPS) is 28.8. The van der Waals surface area contributed by atoms with Gasteiger partial charge in [0.25, 0.3) is 0 Å². The molecule has 0 aromatic heterocycles. The van der Waals surface area contributed by atoms with E-state index in [2.05, 4.69) is 10.6 Å². The Morgan fingerprint density at radius 2 is 0.962 bits per heavy atom. The van der Waals surface area contributed by atoms with Crippen molar-refractivity contribution in [3.05, 3.63) is 23.5 Å². The summed E-state index contributed by atoms with van der Waals surface area (Å²) in [6.07, 6.45) is 3.48. The van der Waals surface area contributed by atoms with E-state index < -0.39 is 22.4 Å². The van der Waals surface area contributed by atoms with Gasteiger partial charge in [-0.15, -0.1) is 0 Å². The lowest BCUT2D eigenvalue weighted by Crippen LogP contribution is -2.29. The number of ketones is 2. The van der Waals surface area contributed by atoms with E-state index in [-0.39, 0.29) is 11.6 Å². The van der Waals surface area contributed by atoms with Crippen LogP contribution in [-0.4, -0.2) is 47.1 Å². The van der Waals surface area contributed by atoms with Gasteiger partial charge in [0.2, 0.25) is 0 Å². The van der Waals surface area contributed by atoms with Crippen molar-refractivity contribution in [2.75, 3.05) is 13.1 Å². The first-order valence-electron chi connectivity index (χ1n) is 9.09. The summed E-state index contributed by atoms with van der Waals surface area (Å²) < 4.78 is 11.7. The van der Waals surface area contributed by atoms with E-state index in [4.69, 9.17) is 9.47 Å². The Kier molecular flexibility index (Phi) is 5.16. The van der Waals surface area contributed by atoms with Crippen LogP contribution in [0.25, 0.3) is 0 Å². The number of hydrogen-bond donors (Lipinski definition) is 2. The fourth-order valence-electron chi connectivity index (χ4n) is 3.65. The second kappa shape index (κ2) is 6.50. The van der Waals surface area contributed by atoms with E-state index in [0.29, 0.717) is 24.2 Å². The fourth-order valence-corrected chi connectivity index (χ4v) is 3.65. The maximum absolute atomic E-state index is 12.4. The molecule has 0 aromatic rings. The largest absolute Gasteiger partial charge is 0.389 e. The third-order valence-electron chi connectivity index (χ3n) is 4.81. The molecule has 0 aromatic carbocycles. The predicted molar refractivity (Wildman–Crippen MR) is 101 cm³/mol. The second-order valence-electron chi connectivity index (χ2n) is 8.93. The molecule has 0 unspecified atom stereocenters. The lowest BCUT2D eigenvalue weighted by Gasteiger charge is -2.22. The molecule has 2 rings (SSSR count). The molecule has 6 heteroatoms. The summed E-state index contributed by atoms with van der Waals surface area (Å²) in [6, 6.07) is 0. The summed E-state index contributed by atoms with van der Waals surface area (Å²) in [4.78, 5) is 24.8. The number of carbonyl (C=O) groups excluding carboxylic acids is 2. The van der Waals surface area contributed by atoms with Gasteiger partial charge in [0.1, 0.15) is 11.2 Å². The van der Waals surface area contributed by atoms with E-state index in [1.807, 2.05) is 27.7 Å². The van der Waals surface area contributed by atoms with Crippen LogP contribution >= 0.6 is 0 Å². The fraction of sp³-hybridized carbons (Fsp3) is 0.700. The van der Waals surface area contributed by atoms with Crippen LogP contribution in [-0.2, 0) is 19.1 Å². The Morgan fingerprint density at radius 1 is 0.654 bits per heavy atom. The molecule has 0 bridgehead atoms. The lowest BCUT2D eigenvalue weighted by molar-refractivity contribution is -0.132. The zero-order valence-corrected chi connectivity index (χ0v) is 17.2. The zero-order chi connectivity index (χ0) is 20.0. The average Bonchev–Trinajstić information content (AvgIpc) is 2.71. The molecule has 0 radical (unpaired) electrons. The number of hydrogen-bond acceptors (Lipinski definition) is 6. The van der Waals surface area contributed by atoms with Crippen LogP contribution < -0.4 is 10.6 Å². The topological polar surface area (TPSA) is 76.7 Å². The van der Waals surface area contributed by atoms with Crippen LogP contribution in [0.2, 0.25) is 0 Å². The average molecular weight is 364 g/mol. The molecule has 2 aliphatic rings. The molecule has 2 fully saturated rings. The van der Waals surface area contributed by atoms with Gasteiger partial charge in [-0.3, -0.25) is 9.59 Å². The Morgan fingerprint density at radius 3 is 1.19 bits per heavy atom. The van der Waals surface area contributed by atoms with Crippen molar-refractivity contribution in [2.45, 2.75) is 77.8 Å². The van der Waals surface area contributed by atoms with Gasteiger partial charge in [-0.25, -0.2) is 0 Å². The molecule has 2 heterocycles. The third kappa shape index (κ3) is 3.86. The minimum absolute atomic E-state index is 0.00255. The van der Waals surface area contributed by atoms with Crippen molar-refractivity contribution in [1.29, 1.82) is 0 Å². The van der Waals surface area contributed by atoms with Gasteiger partial charge in [0.15, 0.2) is 11.6 Å². The van der Waals surface area contributed by atoms with Crippen LogP contribution in [0.1, 0.15) is 55.4 Å². The molecule has 2 aliphatic heterocycles. The minimum Gasteiger partial charge on any atom is -0.389 e. The summed E-state index contributed by atoms with van der Waals surface area (Å²) in [5.41, 5.74) is -1.51. The third-order valence-corrected chi connectivity index (χ3v) is 4.81. The summed E-state index contributed by atoms with van der Waals surface area (Å²) >= 11 is 0. The Balaban J connectivity index is 1.90. The SMILES string of the molecule is CC1(C)OC(C)(C)/C(=C/NCCN/C=C2/C(=O)C(C)(C)OC2(C)C)C1=O. The highest BCUT2D eigenvalue weighted by Gasteiger charge is 2.50. The maximum Gasteiger partial charge on any atom is 0.194 e. The van der Waals surface area contributed by atoms with Crippen molar-refractivity contribution in [3.63, 3.8) is 0 Å². The van der Waals surface area contributed by atoms with Crippen LogP contribution in [0.3, 0.4) is 0 Å². The van der Waals surface area contributed by atoms with Crippen molar-refractivity contribution >= 4 is 11.6 Å². The molecule has 2 N–H and O–H groups in total. The van der Waals surface area contributed by atoms with Crippen LogP contribution in [0.15, 0.2) is 23.5 Å². The van der Waals surface area contributed by atoms with Crippen molar-refractivity contribution in [1.82, 2.24) is 10.6 Å². The highest BCUT2D eigenvalue weighted by molar-refractivity contribution is 6.05. The molecule has 0 aliphatic carbocycles. The van der Waals surface area contributed by atoms with E-state index in [9.17, 15) is 9.59 Å². The number of nitrogens with one attached hydrogen (secondary N) is 2. The Hall–Kier alpha value is -1.66. The molecule has 0 amide bonds. The molecule has 146 valence electrons. The Labute approximate surface area is 156 Å². The highest BCUT2D eigenvalue weighted by Crippen LogP contribution is 2.39. The zero-order valence-electron chi connectivity index (χ0n) is 17.2. The second-order valence-corrected chi connectivity index (χ2v) is 8.93. The van der Waals surface area contributed by atoms with E-state index in [1.165, 1.54) is 0 Å². The van der Waals surface area contributed by atoms with Gasteiger partial charge in [0.05, 0.1) is 11.2 Å². The number of rotatable bonds is 5. The highest BCUT2D eigenvalue weighted by atomic mass is 16.5. The first-order chi connectivity index (χ1) is 11.7. The van der Waals surface area contributed by atoms with Crippen LogP contribution in [0.5, 0.6) is 0 Å². The molecule has 0 saturated carbocycles. The summed E-state index contributed by atoms with van der Waals surface area (Å²) in [5.74, 6) is 0.00511. The van der Waals surface area contributed by atoms with Gasteiger partial charge < -0.3 is 20.1 Å². The van der Waals surface area contributed by atoms with Gasteiger partial charge >= 0.3 is 0 Å². The molecule has 6 nitrogen and oxygen atoms in total. The Bertz CT molecular complexity index is 611. The minimum atomic E-state index is -0.791. The first kappa shape index (κ1) is 20.6. The monoisotopic (exact) mass is 364 g/mol. The first-order valence-corrected chi connectivity index (χ1v) is 9.09. The number of ether oxygens (including phenoxy) is 2. The van der Waals surface area contributed by atoms with Crippen LogP contribution in [0.4, 0.5) is 0 Å². The summed E-state index contributed by atoms with van der Waals surface area (Å²) in [6.45, 7) is 15.9. The van der Waals surface area contributed by atoms with Gasteiger partial charge in [0, 0.05) is 36.6 Å². The smallest absolute Gasteiger partial charge is 0.194 e. The van der Waals surface area contributed by atoms with E-state index >= 15 is 0 Å². The predicted octanol–water partition coefficient (Wildman–Crippen LogP) is 2.25. The molecular weight excluding hydrogens is 332 g/mol. The summed E-state index contributed by atoms with van der Waals surface area (Å²) in [5, 5.41) is 6.31. The standard InChI is InChI=1S/C20H32N2O4/c1-17(2)13(15(23)19(5,6)25-17)11-21-9-10-22-12-14-16(24)20(7,8)26-18(14,3)4/h11-12,21-22H,9-10H2,1-8H3/b13-11-,14-12+.